The largest absolute Gasteiger partial charge is 0.341 e. The fraction of sp³-hybridized carbons (Fsp3) is 0.600. The fourth-order valence-electron chi connectivity index (χ4n) is 1.83. The molecule has 98 valence electrons. The summed E-state index contributed by atoms with van der Waals surface area (Å²) in [4.78, 5) is 25.5. The minimum atomic E-state index is -0.557. The molecular weight excluding hydrogens is 276 g/mol. The average Bonchev–Trinajstić information content (AvgIpc) is 2.98. The SMILES string of the molecule is CC(NC(=O)c1nnc(Cl)s1)C(=O)N1CCCC1. The normalized spacial score (nSPS) is 16.7. The number of nitrogens with one attached hydrogen (secondary N) is 1. The van der Waals surface area contributed by atoms with Crippen molar-refractivity contribution < 1.29 is 9.59 Å². The average molecular weight is 289 g/mol. The Balaban J connectivity index is 1.92. The molecule has 0 spiro atoms. The zero-order valence-electron chi connectivity index (χ0n) is 9.85. The molecule has 2 heterocycles. The third-order valence-corrected chi connectivity index (χ3v) is 3.75. The van der Waals surface area contributed by atoms with E-state index in [1.165, 1.54) is 0 Å². The van der Waals surface area contributed by atoms with Crippen LogP contribution in [-0.4, -0.2) is 46.0 Å². The molecule has 1 fully saturated rings. The fourth-order valence-corrected chi connectivity index (χ4v) is 2.56. The maximum absolute atomic E-state index is 12.0. The quantitative estimate of drug-likeness (QED) is 0.898. The Kier molecular flexibility index (Phi) is 4.13. The smallest absolute Gasteiger partial charge is 0.282 e. The van der Waals surface area contributed by atoms with Gasteiger partial charge in [-0.15, -0.1) is 10.2 Å². The number of amides is 2. The maximum atomic E-state index is 12.0. The summed E-state index contributed by atoms with van der Waals surface area (Å²) in [5, 5.41) is 9.94. The van der Waals surface area contributed by atoms with Gasteiger partial charge in [-0.25, -0.2) is 0 Å². The second-order valence-electron chi connectivity index (χ2n) is 4.09. The van der Waals surface area contributed by atoms with E-state index < -0.39 is 11.9 Å². The van der Waals surface area contributed by atoms with Gasteiger partial charge < -0.3 is 10.2 Å². The predicted molar refractivity (Wildman–Crippen MR) is 67.7 cm³/mol. The monoisotopic (exact) mass is 288 g/mol. The summed E-state index contributed by atoms with van der Waals surface area (Å²) >= 11 is 6.58. The van der Waals surface area contributed by atoms with Gasteiger partial charge in [0.25, 0.3) is 5.91 Å². The van der Waals surface area contributed by atoms with Crippen molar-refractivity contribution in [2.75, 3.05) is 13.1 Å². The van der Waals surface area contributed by atoms with Crippen LogP contribution in [0.1, 0.15) is 29.6 Å². The molecular formula is C10H13ClN4O2S. The van der Waals surface area contributed by atoms with E-state index in [1.54, 1.807) is 11.8 Å². The van der Waals surface area contributed by atoms with Crippen molar-refractivity contribution in [2.45, 2.75) is 25.8 Å². The first-order valence-corrected chi connectivity index (χ1v) is 6.86. The molecule has 1 aromatic heterocycles. The number of nitrogens with zero attached hydrogens (tertiary/aromatic N) is 3. The summed E-state index contributed by atoms with van der Waals surface area (Å²) < 4.78 is 0.207. The second-order valence-corrected chi connectivity index (χ2v) is 5.65. The number of halogens is 1. The van der Waals surface area contributed by atoms with E-state index in [1.807, 2.05) is 0 Å². The minimum Gasteiger partial charge on any atom is -0.341 e. The third kappa shape index (κ3) is 2.97. The Morgan fingerprint density at radius 3 is 2.61 bits per heavy atom. The molecule has 18 heavy (non-hydrogen) atoms. The summed E-state index contributed by atoms with van der Waals surface area (Å²) in [7, 11) is 0. The van der Waals surface area contributed by atoms with Gasteiger partial charge in [0.05, 0.1) is 0 Å². The molecule has 0 aromatic carbocycles. The van der Waals surface area contributed by atoms with Crippen molar-refractivity contribution in [3.63, 3.8) is 0 Å². The van der Waals surface area contributed by atoms with E-state index in [9.17, 15) is 9.59 Å². The van der Waals surface area contributed by atoms with Gasteiger partial charge in [-0.05, 0) is 31.4 Å². The van der Waals surface area contributed by atoms with Crippen LogP contribution in [0.5, 0.6) is 0 Å². The topological polar surface area (TPSA) is 75.2 Å². The lowest BCUT2D eigenvalue weighted by Gasteiger charge is -2.20. The summed E-state index contributed by atoms with van der Waals surface area (Å²) in [5.74, 6) is -0.476. The molecule has 2 rings (SSSR count). The molecule has 1 aliphatic heterocycles. The summed E-state index contributed by atoms with van der Waals surface area (Å²) in [6.07, 6.45) is 2.05. The second kappa shape index (κ2) is 5.62. The van der Waals surface area contributed by atoms with Crippen LogP contribution < -0.4 is 5.32 Å². The molecule has 1 N–H and O–H groups in total. The van der Waals surface area contributed by atoms with Gasteiger partial charge in [-0.1, -0.05) is 11.3 Å². The molecule has 0 radical (unpaired) electrons. The summed E-state index contributed by atoms with van der Waals surface area (Å²) in [6.45, 7) is 3.20. The van der Waals surface area contributed by atoms with Crippen LogP contribution >= 0.6 is 22.9 Å². The number of likely N-dealkylation sites (tertiary alicyclic amines) is 1. The van der Waals surface area contributed by atoms with Crippen molar-refractivity contribution in [3.05, 3.63) is 9.47 Å². The van der Waals surface area contributed by atoms with Gasteiger partial charge >= 0.3 is 0 Å². The first-order chi connectivity index (χ1) is 8.58. The molecule has 1 saturated heterocycles. The highest BCUT2D eigenvalue weighted by atomic mass is 35.5. The molecule has 1 unspecified atom stereocenters. The van der Waals surface area contributed by atoms with Crippen LogP contribution in [0.4, 0.5) is 0 Å². The van der Waals surface area contributed by atoms with Gasteiger partial charge in [0.2, 0.25) is 15.4 Å². The van der Waals surface area contributed by atoms with Gasteiger partial charge in [0.15, 0.2) is 0 Å². The highest BCUT2D eigenvalue weighted by molar-refractivity contribution is 7.17. The highest BCUT2D eigenvalue weighted by Crippen LogP contribution is 2.15. The lowest BCUT2D eigenvalue weighted by molar-refractivity contribution is -0.131. The van der Waals surface area contributed by atoms with Crippen LogP contribution in [0.2, 0.25) is 4.47 Å². The van der Waals surface area contributed by atoms with Crippen molar-refractivity contribution in [3.8, 4) is 0 Å². The summed E-state index contributed by atoms with van der Waals surface area (Å²) in [5.41, 5.74) is 0. The Morgan fingerprint density at radius 1 is 1.39 bits per heavy atom. The number of carbonyl (C=O) groups excluding carboxylic acids is 2. The Bertz CT molecular complexity index is 458. The number of rotatable bonds is 3. The Labute approximate surface area is 113 Å². The van der Waals surface area contributed by atoms with E-state index >= 15 is 0 Å². The van der Waals surface area contributed by atoms with Crippen LogP contribution in [0.25, 0.3) is 0 Å². The zero-order valence-corrected chi connectivity index (χ0v) is 11.4. The molecule has 1 aromatic rings. The van der Waals surface area contributed by atoms with Gasteiger partial charge in [0.1, 0.15) is 6.04 Å². The van der Waals surface area contributed by atoms with Gasteiger partial charge in [0, 0.05) is 13.1 Å². The molecule has 1 aliphatic rings. The standard InChI is InChI=1S/C10H13ClN4O2S/c1-6(9(17)15-4-2-3-5-15)12-7(16)8-13-14-10(11)18-8/h6H,2-5H2,1H3,(H,12,16). The van der Waals surface area contributed by atoms with Crippen LogP contribution in [0.3, 0.4) is 0 Å². The molecule has 0 aliphatic carbocycles. The first kappa shape index (κ1) is 13.2. The molecule has 2 amide bonds. The van der Waals surface area contributed by atoms with Crippen LogP contribution in [-0.2, 0) is 4.79 Å². The number of carbonyl (C=O) groups is 2. The number of hydrogen-bond acceptors (Lipinski definition) is 5. The molecule has 0 bridgehead atoms. The van der Waals surface area contributed by atoms with E-state index in [4.69, 9.17) is 11.6 Å². The number of hydrogen-bond donors (Lipinski definition) is 1. The number of aromatic nitrogens is 2. The third-order valence-electron chi connectivity index (χ3n) is 2.73. The van der Waals surface area contributed by atoms with E-state index in [0.29, 0.717) is 0 Å². The van der Waals surface area contributed by atoms with Gasteiger partial charge in [-0.2, -0.15) is 0 Å². The van der Waals surface area contributed by atoms with Crippen molar-refractivity contribution >= 4 is 34.8 Å². The Morgan fingerprint density at radius 2 is 2.06 bits per heavy atom. The molecule has 8 heteroatoms. The van der Waals surface area contributed by atoms with E-state index in [2.05, 4.69) is 15.5 Å². The van der Waals surface area contributed by atoms with Crippen molar-refractivity contribution in [2.24, 2.45) is 0 Å². The highest BCUT2D eigenvalue weighted by Gasteiger charge is 2.25. The first-order valence-electron chi connectivity index (χ1n) is 5.66. The van der Waals surface area contributed by atoms with Crippen molar-refractivity contribution in [1.29, 1.82) is 0 Å². The lowest BCUT2D eigenvalue weighted by Crippen LogP contribution is -2.45. The zero-order chi connectivity index (χ0) is 13.1. The van der Waals surface area contributed by atoms with Crippen LogP contribution in [0.15, 0.2) is 0 Å². The van der Waals surface area contributed by atoms with E-state index in [-0.39, 0.29) is 15.4 Å². The molecule has 1 atom stereocenters. The Hall–Kier alpha value is -1.21. The van der Waals surface area contributed by atoms with Crippen LogP contribution in [0, 0.1) is 0 Å². The van der Waals surface area contributed by atoms with Crippen molar-refractivity contribution in [1.82, 2.24) is 20.4 Å². The maximum Gasteiger partial charge on any atom is 0.282 e. The van der Waals surface area contributed by atoms with E-state index in [0.717, 1.165) is 37.3 Å². The molecule has 6 nitrogen and oxygen atoms in total. The van der Waals surface area contributed by atoms with Gasteiger partial charge in [-0.3, -0.25) is 9.59 Å². The summed E-state index contributed by atoms with van der Waals surface area (Å²) in [6, 6.07) is -0.557. The minimum absolute atomic E-state index is 0.0588. The lowest BCUT2D eigenvalue weighted by atomic mass is 10.3. The predicted octanol–water partition coefficient (Wildman–Crippen LogP) is 0.932. The molecule has 0 saturated carbocycles.